The lowest BCUT2D eigenvalue weighted by Crippen LogP contribution is -2.40. The Hall–Kier alpha value is -2.92. The number of carbonyl (C=O) groups excluding carboxylic acids is 4. The summed E-state index contributed by atoms with van der Waals surface area (Å²) >= 11 is 0. The van der Waals surface area contributed by atoms with E-state index in [0.29, 0.717) is 65.2 Å². The molecule has 252 valence electrons. The van der Waals surface area contributed by atoms with Gasteiger partial charge < -0.3 is 40.5 Å². The first kappa shape index (κ1) is 40.1. The highest BCUT2D eigenvalue weighted by atomic mass is 16.6. The van der Waals surface area contributed by atoms with Crippen molar-refractivity contribution in [3.8, 4) is 0 Å². The summed E-state index contributed by atoms with van der Waals surface area (Å²) in [5.74, 6) is 0. The number of hydrogen-bond acceptors (Lipinski definition) is 6. The quantitative estimate of drug-likeness (QED) is 0.131. The molecule has 4 N–H and O–H groups in total. The van der Waals surface area contributed by atoms with Crippen molar-refractivity contribution in [2.75, 3.05) is 52.4 Å². The average molecular weight is 615 g/mol. The van der Waals surface area contributed by atoms with Crippen LogP contribution >= 0.6 is 0 Å². The number of carbonyl (C=O) groups is 4. The van der Waals surface area contributed by atoms with Gasteiger partial charge in [-0.2, -0.15) is 0 Å². The lowest BCUT2D eigenvalue weighted by molar-refractivity contribution is 0.0238. The maximum absolute atomic E-state index is 12.8. The van der Waals surface area contributed by atoms with E-state index in [9.17, 15) is 19.2 Å². The zero-order chi connectivity index (χ0) is 32.7. The molecule has 43 heavy (non-hydrogen) atoms. The van der Waals surface area contributed by atoms with Crippen molar-refractivity contribution in [1.29, 1.82) is 0 Å². The molecule has 0 aliphatic heterocycles. The van der Waals surface area contributed by atoms with E-state index >= 15 is 0 Å². The minimum atomic E-state index is -0.578. The highest BCUT2D eigenvalue weighted by Crippen LogP contribution is 2.14. The van der Waals surface area contributed by atoms with Crippen LogP contribution in [0.4, 0.5) is 19.2 Å². The molecule has 0 saturated carbocycles. The minimum absolute atomic E-state index is 0.192. The van der Waals surface area contributed by atoms with Gasteiger partial charge in [-0.25, -0.2) is 19.2 Å². The van der Waals surface area contributed by atoms with Crippen LogP contribution in [0.15, 0.2) is 0 Å². The fraction of sp³-hybridized carbons (Fsp3) is 0.871. The van der Waals surface area contributed by atoms with Gasteiger partial charge in [-0.3, -0.25) is 0 Å². The van der Waals surface area contributed by atoms with Gasteiger partial charge >= 0.3 is 24.2 Å². The van der Waals surface area contributed by atoms with E-state index in [2.05, 4.69) is 21.3 Å². The monoisotopic (exact) mass is 614 g/mol. The normalized spacial score (nSPS) is 11.3. The first-order valence-electron chi connectivity index (χ1n) is 16.2. The van der Waals surface area contributed by atoms with Crippen LogP contribution in [0.1, 0.15) is 113 Å². The van der Waals surface area contributed by atoms with Gasteiger partial charge in [0.25, 0.3) is 0 Å². The minimum Gasteiger partial charge on any atom is -0.444 e. The van der Waals surface area contributed by atoms with Crippen molar-refractivity contribution in [3.05, 3.63) is 0 Å². The van der Waals surface area contributed by atoms with E-state index in [1.54, 1.807) is 9.80 Å². The van der Waals surface area contributed by atoms with Gasteiger partial charge in [-0.05, 0) is 80.1 Å². The Kier molecular flexibility index (Phi) is 21.1. The topological polar surface area (TPSA) is 141 Å². The van der Waals surface area contributed by atoms with Crippen LogP contribution in [0.2, 0.25) is 0 Å². The van der Waals surface area contributed by atoms with Gasteiger partial charge in [0.15, 0.2) is 0 Å². The second-order valence-corrected chi connectivity index (χ2v) is 12.8. The number of unbranched alkanes of at least 4 members (excludes halogenated alkanes) is 4. The van der Waals surface area contributed by atoms with Gasteiger partial charge in [-0.1, -0.05) is 33.1 Å². The Bertz CT molecular complexity index is 733. The summed E-state index contributed by atoms with van der Waals surface area (Å²) < 4.78 is 11.2. The summed E-state index contributed by atoms with van der Waals surface area (Å²) in [4.78, 5) is 52.5. The predicted molar refractivity (Wildman–Crippen MR) is 171 cm³/mol. The zero-order valence-corrected chi connectivity index (χ0v) is 28.4. The molecule has 0 spiro atoms. The number of amides is 6. The van der Waals surface area contributed by atoms with Crippen molar-refractivity contribution in [1.82, 2.24) is 31.1 Å². The molecule has 0 bridgehead atoms. The Morgan fingerprint density at radius 3 is 1.12 bits per heavy atom. The molecule has 6 amide bonds. The molecule has 12 heteroatoms. The molecule has 0 rings (SSSR count). The van der Waals surface area contributed by atoms with Crippen molar-refractivity contribution in [2.45, 2.75) is 124 Å². The van der Waals surface area contributed by atoms with Gasteiger partial charge in [0.05, 0.1) is 0 Å². The van der Waals surface area contributed by atoms with Gasteiger partial charge in [0.1, 0.15) is 11.2 Å². The van der Waals surface area contributed by atoms with Crippen LogP contribution in [-0.2, 0) is 9.47 Å². The van der Waals surface area contributed by atoms with Crippen LogP contribution < -0.4 is 21.3 Å². The molecule has 12 nitrogen and oxygen atoms in total. The fourth-order valence-electron chi connectivity index (χ4n) is 3.92. The average Bonchev–Trinajstić information content (AvgIpc) is 2.90. The van der Waals surface area contributed by atoms with Gasteiger partial charge in [0, 0.05) is 52.4 Å². The standard InChI is InChI=1S/C31H62N6O6/c1-9-18-32-26(38)34-20-16-24-36(28(40)42-30(3,4)5)22-14-12-11-13-15-23-37(29(41)43-31(6,7)8)25-17-21-35-27(39)33-19-10-2/h9-25H2,1-8H3,(H2,32,34,38)(H2,33,35,39). The SMILES string of the molecule is CCCNC(=O)NCCCN(CCCCCCCN(CCCNC(=O)NCCC)C(=O)OC(C)(C)C)C(=O)OC(C)(C)C. The third-order valence-corrected chi connectivity index (χ3v) is 6.01. The molecule has 0 radical (unpaired) electrons. The Balaban J connectivity index is 4.61. The molecular formula is C31H62N6O6. The maximum atomic E-state index is 12.8. The smallest absolute Gasteiger partial charge is 0.410 e. The van der Waals surface area contributed by atoms with Crippen LogP contribution in [0.3, 0.4) is 0 Å². The number of urea groups is 2. The summed E-state index contributed by atoms with van der Waals surface area (Å²) in [6, 6.07) is -0.384. The van der Waals surface area contributed by atoms with E-state index in [0.717, 1.165) is 44.9 Å². The molecule has 0 aliphatic rings. The zero-order valence-electron chi connectivity index (χ0n) is 28.4. The summed E-state index contributed by atoms with van der Waals surface area (Å²) in [6.07, 6.45) is 6.89. The van der Waals surface area contributed by atoms with Crippen molar-refractivity contribution in [3.63, 3.8) is 0 Å². The number of nitrogens with one attached hydrogen (secondary N) is 4. The van der Waals surface area contributed by atoms with Gasteiger partial charge in [0.2, 0.25) is 0 Å². The largest absolute Gasteiger partial charge is 0.444 e. The summed E-state index contributed by atoms with van der Waals surface area (Å²) in [5, 5.41) is 11.2. The third-order valence-electron chi connectivity index (χ3n) is 6.01. The third kappa shape index (κ3) is 24.2. The van der Waals surface area contributed by atoms with Crippen molar-refractivity contribution < 1.29 is 28.7 Å². The fourth-order valence-corrected chi connectivity index (χ4v) is 3.92. The lowest BCUT2D eigenvalue weighted by Gasteiger charge is -2.28. The second kappa shape index (κ2) is 22.6. The van der Waals surface area contributed by atoms with E-state index in [-0.39, 0.29) is 24.2 Å². The molecule has 0 aliphatic carbocycles. The van der Waals surface area contributed by atoms with Crippen LogP contribution in [0.5, 0.6) is 0 Å². The first-order chi connectivity index (χ1) is 20.2. The van der Waals surface area contributed by atoms with E-state index in [4.69, 9.17) is 9.47 Å². The number of hydrogen-bond donors (Lipinski definition) is 4. The van der Waals surface area contributed by atoms with E-state index in [1.165, 1.54) is 0 Å². The molecule has 0 saturated heterocycles. The molecule has 0 aromatic carbocycles. The van der Waals surface area contributed by atoms with Crippen molar-refractivity contribution in [2.24, 2.45) is 0 Å². The molecule has 0 heterocycles. The number of nitrogens with zero attached hydrogens (tertiary/aromatic N) is 2. The molecule has 0 unspecified atom stereocenters. The lowest BCUT2D eigenvalue weighted by atomic mass is 10.1. The second-order valence-electron chi connectivity index (χ2n) is 12.8. The maximum Gasteiger partial charge on any atom is 0.410 e. The predicted octanol–water partition coefficient (Wildman–Crippen LogP) is 5.61. The van der Waals surface area contributed by atoms with E-state index in [1.807, 2.05) is 55.4 Å². The highest BCUT2D eigenvalue weighted by Gasteiger charge is 2.23. The highest BCUT2D eigenvalue weighted by molar-refractivity contribution is 5.74. The number of rotatable bonds is 20. The Labute approximate surface area is 260 Å². The molecule has 0 aromatic heterocycles. The molecule has 0 aromatic rings. The van der Waals surface area contributed by atoms with Crippen LogP contribution in [0, 0.1) is 0 Å². The molecular weight excluding hydrogens is 552 g/mol. The van der Waals surface area contributed by atoms with Crippen molar-refractivity contribution >= 4 is 24.2 Å². The van der Waals surface area contributed by atoms with E-state index < -0.39 is 11.2 Å². The molecule has 0 atom stereocenters. The summed E-state index contributed by atoms with van der Waals surface area (Å²) in [6.45, 7) is 19.5. The summed E-state index contributed by atoms with van der Waals surface area (Å²) in [7, 11) is 0. The van der Waals surface area contributed by atoms with Gasteiger partial charge in [-0.15, -0.1) is 0 Å². The van der Waals surface area contributed by atoms with Crippen LogP contribution in [-0.4, -0.2) is 97.6 Å². The Morgan fingerprint density at radius 2 is 0.791 bits per heavy atom. The van der Waals surface area contributed by atoms with Crippen LogP contribution in [0.25, 0.3) is 0 Å². The first-order valence-corrected chi connectivity index (χ1v) is 16.2. The number of ether oxygens (including phenoxy) is 2. The summed E-state index contributed by atoms with van der Waals surface area (Å²) in [5.41, 5.74) is -1.16. The Morgan fingerprint density at radius 1 is 0.488 bits per heavy atom. The molecule has 0 fully saturated rings.